The first kappa shape index (κ1) is 42.3. The van der Waals surface area contributed by atoms with Crippen molar-refractivity contribution in [2.75, 3.05) is 32.7 Å². The highest BCUT2D eigenvalue weighted by atomic mass is 16.4. The Kier molecular flexibility index (Phi) is 20.5. The Hall–Kier alpha value is -4.65. The van der Waals surface area contributed by atoms with Gasteiger partial charge in [0.2, 0.25) is 11.8 Å². The number of amides is 2. The zero-order valence-electron chi connectivity index (χ0n) is 26.1. The molecule has 19 heteroatoms. The number of nitrogens with one attached hydrogen (secondary N) is 2. The van der Waals surface area contributed by atoms with Crippen molar-refractivity contribution in [3.63, 3.8) is 0 Å². The molecule has 0 aromatic rings. The van der Waals surface area contributed by atoms with E-state index in [1.165, 1.54) is 6.92 Å². The molecule has 8 N–H and O–H groups in total. The average molecular weight is 677 g/mol. The number of nitrogens with zero attached hydrogens (tertiary/aromatic N) is 2. The number of Topliss-reactive ketones (excluding diaryl/α,β-unsaturated/α-hetero) is 1. The lowest BCUT2D eigenvalue weighted by molar-refractivity contribution is -0.152. The first-order valence-corrected chi connectivity index (χ1v) is 14.8. The molecule has 0 saturated carbocycles. The monoisotopic (exact) mass is 676 g/mol. The van der Waals surface area contributed by atoms with Crippen molar-refractivity contribution >= 4 is 53.4 Å². The molecule has 2 amide bonds. The van der Waals surface area contributed by atoms with Gasteiger partial charge in [-0.1, -0.05) is 12.8 Å². The van der Waals surface area contributed by atoms with Crippen molar-refractivity contribution in [3.05, 3.63) is 0 Å². The lowest BCUT2D eigenvalue weighted by Crippen LogP contribution is -2.47. The third-order valence-electron chi connectivity index (χ3n) is 6.85. The van der Waals surface area contributed by atoms with Gasteiger partial charge in [-0.25, -0.2) is 0 Å². The van der Waals surface area contributed by atoms with Crippen molar-refractivity contribution in [1.82, 2.24) is 20.4 Å². The Balaban J connectivity index is 4.78. The topological polar surface area (TPSA) is 306 Å². The Morgan fingerprint density at radius 3 is 1.36 bits per heavy atom. The summed E-state index contributed by atoms with van der Waals surface area (Å²) in [4.78, 5) is 106. The first-order valence-electron chi connectivity index (χ1n) is 14.8. The van der Waals surface area contributed by atoms with Crippen molar-refractivity contribution < 1.29 is 73.8 Å². The molecule has 19 nitrogen and oxygen atoms in total. The van der Waals surface area contributed by atoms with Gasteiger partial charge in [-0.15, -0.1) is 0 Å². The maximum atomic E-state index is 12.7. The summed E-state index contributed by atoms with van der Waals surface area (Å²) in [6, 6.07) is -3.76. The van der Waals surface area contributed by atoms with Crippen LogP contribution < -0.4 is 10.6 Å². The molecule has 0 fully saturated rings. The Morgan fingerprint density at radius 2 is 0.979 bits per heavy atom. The van der Waals surface area contributed by atoms with Gasteiger partial charge in [0, 0.05) is 26.3 Å². The molecular weight excluding hydrogens is 632 g/mol. The van der Waals surface area contributed by atoms with Gasteiger partial charge < -0.3 is 41.3 Å². The number of hydrogen-bond acceptors (Lipinski definition) is 11. The van der Waals surface area contributed by atoms with Crippen LogP contribution in [0.4, 0.5) is 0 Å². The van der Waals surface area contributed by atoms with Crippen LogP contribution in [0.25, 0.3) is 0 Å². The minimum atomic E-state index is -1.39. The number of hydrogen-bond donors (Lipinski definition) is 8. The van der Waals surface area contributed by atoms with E-state index in [9.17, 15) is 53.4 Å². The van der Waals surface area contributed by atoms with Crippen LogP contribution in [-0.4, -0.2) is 145 Å². The molecule has 0 aromatic heterocycles. The Morgan fingerprint density at radius 1 is 0.553 bits per heavy atom. The van der Waals surface area contributed by atoms with E-state index in [2.05, 4.69) is 10.6 Å². The van der Waals surface area contributed by atoms with Crippen LogP contribution in [0.5, 0.6) is 0 Å². The van der Waals surface area contributed by atoms with Crippen molar-refractivity contribution in [2.24, 2.45) is 0 Å². The summed E-state index contributed by atoms with van der Waals surface area (Å²) in [5.41, 5.74) is 0. The van der Waals surface area contributed by atoms with Gasteiger partial charge in [-0.05, 0) is 38.5 Å². The number of carboxylic acids is 6. The average Bonchev–Trinajstić information content (AvgIpc) is 2.92. The van der Waals surface area contributed by atoms with Gasteiger partial charge in [-0.3, -0.25) is 53.0 Å². The molecule has 0 aliphatic heterocycles. The molecule has 0 spiro atoms. The van der Waals surface area contributed by atoms with Crippen LogP contribution in [-0.2, 0) is 43.2 Å². The van der Waals surface area contributed by atoms with Crippen LogP contribution in [0, 0.1) is 0 Å². The van der Waals surface area contributed by atoms with Crippen LogP contribution in [0.3, 0.4) is 0 Å². The van der Waals surface area contributed by atoms with Crippen molar-refractivity contribution in [1.29, 1.82) is 0 Å². The van der Waals surface area contributed by atoms with Crippen LogP contribution in [0.15, 0.2) is 0 Å². The van der Waals surface area contributed by atoms with Gasteiger partial charge in [0.1, 0.15) is 23.9 Å². The summed E-state index contributed by atoms with van der Waals surface area (Å²) >= 11 is 0. The van der Waals surface area contributed by atoms with E-state index < -0.39 is 91.9 Å². The maximum Gasteiger partial charge on any atom is 0.320 e. The maximum absolute atomic E-state index is 12.7. The number of unbranched alkanes of at least 4 members (excludes halogenated alkanes) is 3. The summed E-state index contributed by atoms with van der Waals surface area (Å²) in [5.74, 6) is -9.64. The van der Waals surface area contributed by atoms with E-state index >= 15 is 0 Å². The summed E-state index contributed by atoms with van der Waals surface area (Å²) in [6.07, 6.45) is 1.36. The predicted molar refractivity (Wildman–Crippen MR) is 158 cm³/mol. The van der Waals surface area contributed by atoms with E-state index in [1.807, 2.05) is 0 Å². The molecule has 0 radical (unpaired) electrons. The third-order valence-corrected chi connectivity index (χ3v) is 6.85. The number of carbonyl (C=O) groups excluding carboxylic acids is 3. The molecule has 0 saturated heterocycles. The summed E-state index contributed by atoms with van der Waals surface area (Å²) < 4.78 is 0. The van der Waals surface area contributed by atoms with Crippen LogP contribution in [0.1, 0.15) is 71.1 Å². The fourth-order valence-electron chi connectivity index (χ4n) is 4.75. The lowest BCUT2D eigenvalue weighted by Gasteiger charge is -2.25. The molecule has 0 aliphatic carbocycles. The number of aliphatic carboxylic acids is 6. The van der Waals surface area contributed by atoms with Crippen molar-refractivity contribution in [2.45, 2.75) is 89.3 Å². The highest BCUT2D eigenvalue weighted by Gasteiger charge is 2.30. The quantitative estimate of drug-likeness (QED) is 0.0457. The normalized spacial score (nSPS) is 12.9. The molecule has 0 bridgehead atoms. The minimum absolute atomic E-state index is 0.0227. The van der Waals surface area contributed by atoms with Crippen molar-refractivity contribution in [3.8, 4) is 0 Å². The second-order valence-corrected chi connectivity index (χ2v) is 10.8. The first-order chi connectivity index (χ1) is 21.9. The van der Waals surface area contributed by atoms with Gasteiger partial charge in [0.25, 0.3) is 0 Å². The molecule has 0 rings (SSSR count). The summed E-state index contributed by atoms with van der Waals surface area (Å²) in [5, 5.41) is 59.8. The van der Waals surface area contributed by atoms with Gasteiger partial charge in [-0.2, -0.15) is 0 Å². The summed E-state index contributed by atoms with van der Waals surface area (Å²) in [7, 11) is 0. The molecular formula is C28H44N4O15. The highest BCUT2D eigenvalue weighted by Crippen LogP contribution is 2.14. The largest absolute Gasteiger partial charge is 0.480 e. The second-order valence-electron chi connectivity index (χ2n) is 10.8. The van der Waals surface area contributed by atoms with E-state index in [4.69, 9.17) is 20.4 Å². The van der Waals surface area contributed by atoms with Crippen LogP contribution in [0.2, 0.25) is 0 Å². The highest BCUT2D eigenvalue weighted by molar-refractivity contribution is 5.87. The van der Waals surface area contributed by atoms with Gasteiger partial charge in [0.15, 0.2) is 0 Å². The zero-order chi connectivity index (χ0) is 36.1. The van der Waals surface area contributed by atoms with Gasteiger partial charge >= 0.3 is 35.8 Å². The molecule has 266 valence electrons. The fourth-order valence-corrected chi connectivity index (χ4v) is 4.75. The third kappa shape index (κ3) is 20.2. The summed E-state index contributed by atoms with van der Waals surface area (Å²) in [6.45, 7) is -1.86. The SMILES string of the molecule is CC(=O)NC(CCC(=O)CCCCCC(C(=O)O)N(CC(=O)O)CC(=O)O)C(=O)NCCCCC(C(=O)O)N(CC(=O)O)CC(=O)O. The standard InChI is InChI=1S/C28H44N4O15/c1-17(33)30-19(26(43)29-12-6-5-9-21(28(46)47)32(15-24(39)40)16-25(41)42)11-10-18(34)7-3-2-4-8-20(27(44)45)31(13-22(35)36)14-23(37)38/h19-21H,2-16H2,1H3,(H,29,43)(H,30,33)(H,35,36)(H,37,38)(H,39,40)(H,41,42)(H,44,45)(H,46,47). The predicted octanol–water partition coefficient (Wildman–Crippen LogP) is -1.07. The van der Waals surface area contributed by atoms with E-state index in [1.54, 1.807) is 0 Å². The van der Waals surface area contributed by atoms with E-state index in [0.717, 1.165) is 9.80 Å². The number of rotatable bonds is 28. The smallest absolute Gasteiger partial charge is 0.320 e. The number of carboxylic acid groups (broad SMARTS) is 6. The molecule has 0 aliphatic rings. The Bertz CT molecular complexity index is 1100. The number of carbonyl (C=O) groups is 9. The van der Waals surface area contributed by atoms with Crippen LogP contribution >= 0.6 is 0 Å². The van der Waals surface area contributed by atoms with E-state index in [0.29, 0.717) is 12.8 Å². The van der Waals surface area contributed by atoms with Gasteiger partial charge in [0.05, 0.1) is 26.2 Å². The number of ketones is 1. The molecule has 0 heterocycles. The molecule has 3 atom stereocenters. The van der Waals surface area contributed by atoms with E-state index in [-0.39, 0.29) is 63.7 Å². The fraction of sp³-hybridized carbons (Fsp3) is 0.679. The lowest BCUT2D eigenvalue weighted by atomic mass is 10.0. The molecule has 3 unspecified atom stereocenters. The molecule has 0 aromatic carbocycles. The molecule has 47 heavy (non-hydrogen) atoms. The second kappa shape index (κ2) is 22.8. The zero-order valence-corrected chi connectivity index (χ0v) is 26.1. The Labute approximate surface area is 269 Å². The minimum Gasteiger partial charge on any atom is -0.480 e.